The first kappa shape index (κ1) is 19.7. The number of hydrogen-bond acceptors (Lipinski definition) is 5. The standard InChI is InChI=1S/C20H21N3O4S2/c1-27-16-4-6-17(7-5-16)29(25,26)23-13-11-22(12-14-23)20(24)19-18(8-15-28-19)21-9-2-3-10-21/h2-10,15H,11-14H2,1H3. The van der Waals surface area contributed by atoms with Crippen molar-refractivity contribution < 1.29 is 17.9 Å². The van der Waals surface area contributed by atoms with Crippen LogP contribution >= 0.6 is 11.3 Å². The molecule has 3 heterocycles. The molecule has 2 aromatic heterocycles. The molecule has 0 unspecified atom stereocenters. The van der Waals surface area contributed by atoms with Crippen LogP contribution in [-0.2, 0) is 10.0 Å². The summed E-state index contributed by atoms with van der Waals surface area (Å²) in [5.74, 6) is 0.541. The van der Waals surface area contributed by atoms with Crippen molar-refractivity contribution in [2.75, 3.05) is 33.3 Å². The predicted molar refractivity (Wildman–Crippen MR) is 111 cm³/mol. The highest BCUT2D eigenvalue weighted by Crippen LogP contribution is 2.25. The largest absolute Gasteiger partial charge is 0.497 e. The Morgan fingerprint density at radius 3 is 2.28 bits per heavy atom. The number of nitrogens with zero attached hydrogens (tertiary/aromatic N) is 3. The molecule has 0 bridgehead atoms. The third-order valence-corrected chi connectivity index (χ3v) is 7.75. The molecule has 4 rings (SSSR count). The number of sulfonamides is 1. The second-order valence-corrected chi connectivity index (χ2v) is 9.45. The summed E-state index contributed by atoms with van der Waals surface area (Å²) >= 11 is 1.40. The van der Waals surface area contributed by atoms with Gasteiger partial charge in [-0.25, -0.2) is 8.42 Å². The summed E-state index contributed by atoms with van der Waals surface area (Å²) in [5, 5.41) is 1.90. The summed E-state index contributed by atoms with van der Waals surface area (Å²) in [4.78, 5) is 15.6. The van der Waals surface area contributed by atoms with Gasteiger partial charge in [-0.1, -0.05) is 0 Å². The summed E-state index contributed by atoms with van der Waals surface area (Å²) in [6, 6.07) is 12.1. The average molecular weight is 432 g/mol. The summed E-state index contributed by atoms with van der Waals surface area (Å²) in [5.41, 5.74) is 0.846. The van der Waals surface area contributed by atoms with Gasteiger partial charge in [0.15, 0.2) is 0 Å². The smallest absolute Gasteiger partial charge is 0.266 e. The molecule has 9 heteroatoms. The Bertz CT molecular complexity index is 1080. The zero-order chi connectivity index (χ0) is 20.4. The van der Waals surface area contributed by atoms with Crippen molar-refractivity contribution in [3.63, 3.8) is 0 Å². The monoisotopic (exact) mass is 431 g/mol. The van der Waals surface area contributed by atoms with Gasteiger partial charge < -0.3 is 14.2 Å². The van der Waals surface area contributed by atoms with Gasteiger partial charge in [0.2, 0.25) is 10.0 Å². The molecule has 1 aromatic carbocycles. The SMILES string of the molecule is COc1ccc(S(=O)(=O)N2CCN(C(=O)c3sccc3-n3cccc3)CC2)cc1. The van der Waals surface area contributed by atoms with Crippen LogP contribution in [-0.4, -0.2) is 61.4 Å². The molecule has 0 saturated carbocycles. The number of amides is 1. The van der Waals surface area contributed by atoms with Crippen molar-refractivity contribution in [2.24, 2.45) is 0 Å². The molecule has 0 atom stereocenters. The first-order valence-electron chi connectivity index (χ1n) is 9.15. The second-order valence-electron chi connectivity index (χ2n) is 6.60. The van der Waals surface area contributed by atoms with Gasteiger partial charge in [-0.3, -0.25) is 4.79 Å². The molecule has 0 aliphatic carbocycles. The number of piperazine rings is 1. The molecule has 0 radical (unpaired) electrons. The molecule has 1 saturated heterocycles. The number of ether oxygens (including phenoxy) is 1. The van der Waals surface area contributed by atoms with E-state index >= 15 is 0 Å². The number of rotatable bonds is 5. The van der Waals surface area contributed by atoms with Crippen LogP contribution in [0.2, 0.25) is 0 Å². The van der Waals surface area contributed by atoms with Crippen molar-refractivity contribution in [1.29, 1.82) is 0 Å². The van der Waals surface area contributed by atoms with E-state index in [1.54, 1.807) is 29.2 Å². The fourth-order valence-electron chi connectivity index (χ4n) is 3.33. The summed E-state index contributed by atoms with van der Waals surface area (Å²) < 4.78 is 34.2. The van der Waals surface area contributed by atoms with E-state index in [2.05, 4.69) is 0 Å². The fourth-order valence-corrected chi connectivity index (χ4v) is 5.61. The summed E-state index contributed by atoms with van der Waals surface area (Å²) in [7, 11) is -2.06. The van der Waals surface area contributed by atoms with Crippen LogP contribution in [0.3, 0.4) is 0 Å². The van der Waals surface area contributed by atoms with E-state index in [0.717, 1.165) is 5.69 Å². The van der Waals surface area contributed by atoms with E-state index in [1.807, 2.05) is 40.5 Å². The van der Waals surface area contributed by atoms with E-state index in [0.29, 0.717) is 23.7 Å². The highest BCUT2D eigenvalue weighted by atomic mass is 32.2. The Morgan fingerprint density at radius 2 is 1.66 bits per heavy atom. The Hall–Kier alpha value is -2.62. The number of thiophene rings is 1. The van der Waals surface area contributed by atoms with Gasteiger partial charge in [0, 0.05) is 38.6 Å². The van der Waals surface area contributed by atoms with E-state index in [4.69, 9.17) is 4.74 Å². The maximum atomic E-state index is 13.0. The minimum atomic E-state index is -3.60. The summed E-state index contributed by atoms with van der Waals surface area (Å²) in [6.07, 6.45) is 3.80. The first-order valence-corrected chi connectivity index (χ1v) is 11.5. The lowest BCUT2D eigenvalue weighted by atomic mass is 10.3. The Balaban J connectivity index is 1.45. The molecule has 29 heavy (non-hydrogen) atoms. The van der Waals surface area contributed by atoms with E-state index in [1.165, 1.54) is 22.8 Å². The van der Waals surface area contributed by atoms with Crippen molar-refractivity contribution in [3.8, 4) is 11.4 Å². The minimum Gasteiger partial charge on any atom is -0.497 e. The second kappa shape index (κ2) is 8.02. The molecule has 1 fully saturated rings. The van der Waals surface area contributed by atoms with Gasteiger partial charge in [0.05, 0.1) is 17.7 Å². The quantitative estimate of drug-likeness (QED) is 0.623. The Kier molecular flexibility index (Phi) is 5.44. The zero-order valence-corrected chi connectivity index (χ0v) is 17.5. The van der Waals surface area contributed by atoms with E-state index < -0.39 is 10.0 Å². The number of hydrogen-bond donors (Lipinski definition) is 0. The molecule has 7 nitrogen and oxygen atoms in total. The normalized spacial score (nSPS) is 15.4. The highest BCUT2D eigenvalue weighted by molar-refractivity contribution is 7.89. The number of methoxy groups -OCH3 is 1. The Labute approximate surface area is 173 Å². The predicted octanol–water partition coefficient (Wildman–Crippen LogP) is 2.69. The molecular weight excluding hydrogens is 410 g/mol. The van der Waals surface area contributed by atoms with E-state index in [-0.39, 0.29) is 23.9 Å². The van der Waals surface area contributed by atoms with Crippen LogP contribution in [0.25, 0.3) is 5.69 Å². The van der Waals surface area contributed by atoms with Crippen LogP contribution in [0.1, 0.15) is 9.67 Å². The van der Waals surface area contributed by atoms with Gasteiger partial charge in [-0.05, 0) is 47.8 Å². The van der Waals surface area contributed by atoms with Crippen molar-refractivity contribution in [2.45, 2.75) is 4.90 Å². The lowest BCUT2D eigenvalue weighted by molar-refractivity contribution is 0.0703. The van der Waals surface area contributed by atoms with Crippen molar-refractivity contribution in [1.82, 2.24) is 13.8 Å². The van der Waals surface area contributed by atoms with Gasteiger partial charge in [-0.2, -0.15) is 4.31 Å². The Morgan fingerprint density at radius 1 is 1.00 bits per heavy atom. The maximum absolute atomic E-state index is 13.0. The van der Waals surface area contributed by atoms with Gasteiger partial charge in [0.1, 0.15) is 10.6 Å². The van der Waals surface area contributed by atoms with Gasteiger partial charge in [-0.15, -0.1) is 11.3 Å². The topological polar surface area (TPSA) is 71.9 Å². The molecular formula is C20H21N3O4S2. The minimum absolute atomic E-state index is 0.0646. The van der Waals surface area contributed by atoms with E-state index in [9.17, 15) is 13.2 Å². The van der Waals surface area contributed by atoms with Gasteiger partial charge >= 0.3 is 0 Å². The zero-order valence-electron chi connectivity index (χ0n) is 15.9. The number of benzene rings is 1. The van der Waals surface area contributed by atoms with Crippen LogP contribution < -0.4 is 4.74 Å². The first-order chi connectivity index (χ1) is 14.0. The number of aromatic nitrogens is 1. The third-order valence-electron chi connectivity index (χ3n) is 4.94. The van der Waals surface area contributed by atoms with Crippen LogP contribution in [0.15, 0.2) is 65.1 Å². The molecule has 152 valence electrons. The fraction of sp³-hybridized carbons (Fsp3) is 0.250. The molecule has 1 aliphatic rings. The van der Waals surface area contributed by atoms with Crippen molar-refractivity contribution >= 4 is 27.3 Å². The van der Waals surface area contributed by atoms with Crippen molar-refractivity contribution in [3.05, 3.63) is 65.1 Å². The molecule has 1 aliphatic heterocycles. The molecule has 0 spiro atoms. The van der Waals surface area contributed by atoms with Crippen LogP contribution in [0, 0.1) is 0 Å². The third kappa shape index (κ3) is 3.81. The highest BCUT2D eigenvalue weighted by Gasteiger charge is 2.31. The van der Waals surface area contributed by atoms with Crippen LogP contribution in [0.5, 0.6) is 5.75 Å². The lowest BCUT2D eigenvalue weighted by Gasteiger charge is -2.34. The maximum Gasteiger partial charge on any atom is 0.266 e. The lowest BCUT2D eigenvalue weighted by Crippen LogP contribution is -2.50. The van der Waals surface area contributed by atoms with Crippen LogP contribution in [0.4, 0.5) is 0 Å². The molecule has 3 aromatic rings. The molecule has 0 N–H and O–H groups in total. The average Bonchev–Trinajstić information content (AvgIpc) is 3.45. The molecule has 1 amide bonds. The summed E-state index contributed by atoms with van der Waals surface area (Å²) in [6.45, 7) is 1.25. The number of carbonyl (C=O) groups is 1. The van der Waals surface area contributed by atoms with Gasteiger partial charge in [0.25, 0.3) is 5.91 Å². The number of carbonyl (C=O) groups excluding carboxylic acids is 1.